The monoisotopic (exact) mass is 302 g/mol. The highest BCUT2D eigenvalue weighted by Gasteiger charge is 2.33. The molecule has 1 saturated heterocycles. The van der Waals surface area contributed by atoms with E-state index in [1.807, 2.05) is 6.92 Å². The molecule has 1 aromatic carbocycles. The molecule has 106 valence electrons. The van der Waals surface area contributed by atoms with Gasteiger partial charge in [-0.15, -0.1) is 0 Å². The molecular weight excluding hydrogens is 284 g/mol. The molecule has 2 atom stereocenters. The molecule has 19 heavy (non-hydrogen) atoms. The van der Waals surface area contributed by atoms with Crippen LogP contribution in [0.5, 0.6) is 0 Å². The smallest absolute Gasteiger partial charge is 0.243 e. The number of anilines is 1. The minimum absolute atomic E-state index is 0.0191. The molecule has 0 saturated carbocycles. The van der Waals surface area contributed by atoms with Gasteiger partial charge in [0.15, 0.2) is 0 Å². The molecule has 2 rings (SSSR count). The summed E-state index contributed by atoms with van der Waals surface area (Å²) in [6.07, 6.45) is 1.79. The average molecular weight is 303 g/mol. The maximum atomic E-state index is 12.6. The van der Waals surface area contributed by atoms with Gasteiger partial charge in [0.25, 0.3) is 0 Å². The average Bonchev–Trinajstić information content (AvgIpc) is 2.32. The largest absolute Gasteiger partial charge is 0.397 e. The molecule has 1 heterocycles. The summed E-state index contributed by atoms with van der Waals surface area (Å²) in [5.41, 5.74) is 5.98. The first-order valence-electron chi connectivity index (χ1n) is 6.39. The van der Waals surface area contributed by atoms with Crippen molar-refractivity contribution in [3.05, 3.63) is 23.2 Å². The summed E-state index contributed by atoms with van der Waals surface area (Å²) in [5, 5.41) is 0.374. The first-order chi connectivity index (χ1) is 8.82. The van der Waals surface area contributed by atoms with Crippen LogP contribution in [0.15, 0.2) is 23.1 Å². The van der Waals surface area contributed by atoms with E-state index in [2.05, 4.69) is 6.92 Å². The Morgan fingerprint density at radius 2 is 2.05 bits per heavy atom. The Hall–Kier alpha value is -0.780. The van der Waals surface area contributed by atoms with E-state index in [0.717, 1.165) is 12.8 Å². The Morgan fingerprint density at radius 3 is 2.63 bits per heavy atom. The summed E-state index contributed by atoms with van der Waals surface area (Å²) >= 11 is 5.83. The van der Waals surface area contributed by atoms with Crippen molar-refractivity contribution in [3.63, 3.8) is 0 Å². The summed E-state index contributed by atoms with van der Waals surface area (Å²) in [4.78, 5) is 0.218. The molecule has 0 radical (unpaired) electrons. The number of nitrogen functional groups attached to an aromatic ring is 1. The third-order valence-electron chi connectivity index (χ3n) is 3.65. The van der Waals surface area contributed by atoms with E-state index in [0.29, 0.717) is 23.2 Å². The van der Waals surface area contributed by atoms with Gasteiger partial charge in [-0.3, -0.25) is 0 Å². The normalized spacial score (nSPS) is 25.4. The molecule has 1 fully saturated rings. The highest BCUT2D eigenvalue weighted by Crippen LogP contribution is 2.30. The lowest BCUT2D eigenvalue weighted by atomic mass is 9.95. The van der Waals surface area contributed by atoms with Crippen LogP contribution in [0.2, 0.25) is 5.02 Å². The fourth-order valence-electron chi connectivity index (χ4n) is 2.56. The molecule has 0 amide bonds. The van der Waals surface area contributed by atoms with Crippen molar-refractivity contribution in [1.29, 1.82) is 0 Å². The van der Waals surface area contributed by atoms with Crippen molar-refractivity contribution >= 4 is 27.3 Å². The van der Waals surface area contributed by atoms with Gasteiger partial charge < -0.3 is 5.73 Å². The van der Waals surface area contributed by atoms with Crippen molar-refractivity contribution in [2.45, 2.75) is 37.6 Å². The number of rotatable bonds is 2. The minimum Gasteiger partial charge on any atom is -0.397 e. The number of hydrogen-bond donors (Lipinski definition) is 1. The lowest BCUT2D eigenvalue weighted by Crippen LogP contribution is -2.44. The van der Waals surface area contributed by atoms with E-state index in [1.165, 1.54) is 18.2 Å². The Bertz CT molecular complexity index is 574. The SMILES string of the molecule is CC1CCN(S(=O)(=O)c2ccc(Cl)c(N)c2)C(C)C1. The molecule has 0 aliphatic carbocycles. The molecule has 0 aromatic heterocycles. The first kappa shape index (κ1) is 14.6. The summed E-state index contributed by atoms with van der Waals surface area (Å²) < 4.78 is 26.8. The van der Waals surface area contributed by atoms with Gasteiger partial charge in [-0.1, -0.05) is 18.5 Å². The minimum atomic E-state index is -3.48. The van der Waals surface area contributed by atoms with Gasteiger partial charge in [0, 0.05) is 12.6 Å². The number of nitrogens with zero attached hydrogens (tertiary/aromatic N) is 1. The second-order valence-corrected chi connectivity index (χ2v) is 7.58. The molecule has 2 unspecified atom stereocenters. The van der Waals surface area contributed by atoms with Crippen molar-refractivity contribution < 1.29 is 8.42 Å². The van der Waals surface area contributed by atoms with Gasteiger partial charge in [0.2, 0.25) is 10.0 Å². The lowest BCUT2D eigenvalue weighted by Gasteiger charge is -2.35. The van der Waals surface area contributed by atoms with E-state index in [4.69, 9.17) is 17.3 Å². The van der Waals surface area contributed by atoms with E-state index < -0.39 is 10.0 Å². The summed E-state index contributed by atoms with van der Waals surface area (Å²) in [7, 11) is -3.48. The molecule has 1 aliphatic heterocycles. The molecular formula is C13H19ClN2O2S. The highest BCUT2D eigenvalue weighted by molar-refractivity contribution is 7.89. The maximum Gasteiger partial charge on any atom is 0.243 e. The lowest BCUT2D eigenvalue weighted by molar-refractivity contribution is 0.220. The molecule has 0 bridgehead atoms. The fraction of sp³-hybridized carbons (Fsp3) is 0.538. The number of hydrogen-bond acceptors (Lipinski definition) is 3. The van der Waals surface area contributed by atoms with Gasteiger partial charge in [-0.25, -0.2) is 8.42 Å². The summed E-state index contributed by atoms with van der Waals surface area (Å²) in [6, 6.07) is 4.49. The maximum absolute atomic E-state index is 12.6. The van der Waals surface area contributed by atoms with Crippen molar-refractivity contribution in [2.75, 3.05) is 12.3 Å². The summed E-state index contributed by atoms with van der Waals surface area (Å²) in [6.45, 7) is 4.67. The highest BCUT2D eigenvalue weighted by atomic mass is 35.5. The first-order valence-corrected chi connectivity index (χ1v) is 8.21. The molecule has 2 N–H and O–H groups in total. The predicted octanol–water partition coefficient (Wildman–Crippen LogP) is 2.73. The predicted molar refractivity (Wildman–Crippen MR) is 77.6 cm³/mol. The van der Waals surface area contributed by atoms with E-state index in [-0.39, 0.29) is 10.9 Å². The van der Waals surface area contributed by atoms with Crippen LogP contribution in [0.25, 0.3) is 0 Å². The zero-order valence-corrected chi connectivity index (χ0v) is 12.7. The quantitative estimate of drug-likeness (QED) is 0.854. The second-order valence-electron chi connectivity index (χ2n) is 5.28. The van der Waals surface area contributed by atoms with Gasteiger partial charge in [-0.2, -0.15) is 4.31 Å². The fourth-order valence-corrected chi connectivity index (χ4v) is 4.37. The zero-order chi connectivity index (χ0) is 14.2. The van der Waals surface area contributed by atoms with Crippen molar-refractivity contribution in [2.24, 2.45) is 5.92 Å². The van der Waals surface area contributed by atoms with E-state index in [1.54, 1.807) is 4.31 Å². The van der Waals surface area contributed by atoms with Gasteiger partial charge in [-0.05, 0) is 43.9 Å². The Morgan fingerprint density at radius 1 is 1.37 bits per heavy atom. The number of halogens is 1. The third kappa shape index (κ3) is 2.88. The molecule has 6 heteroatoms. The molecule has 4 nitrogen and oxygen atoms in total. The van der Waals surface area contributed by atoms with Crippen LogP contribution >= 0.6 is 11.6 Å². The van der Waals surface area contributed by atoms with Crippen molar-refractivity contribution in [3.8, 4) is 0 Å². The molecule has 0 spiro atoms. The van der Waals surface area contributed by atoms with Crippen LogP contribution in [0.4, 0.5) is 5.69 Å². The van der Waals surface area contributed by atoms with Crippen LogP contribution in [0.1, 0.15) is 26.7 Å². The topological polar surface area (TPSA) is 63.4 Å². The molecule has 1 aromatic rings. The number of piperidine rings is 1. The second kappa shape index (κ2) is 5.31. The number of nitrogens with two attached hydrogens (primary N) is 1. The van der Waals surface area contributed by atoms with Crippen LogP contribution < -0.4 is 5.73 Å². The Balaban J connectivity index is 2.34. The standard InChI is InChI=1S/C13H19ClN2O2S/c1-9-5-6-16(10(2)7-9)19(17,18)11-3-4-12(14)13(15)8-11/h3-4,8-10H,5-7,15H2,1-2H3. The zero-order valence-electron chi connectivity index (χ0n) is 11.1. The van der Waals surface area contributed by atoms with E-state index in [9.17, 15) is 8.42 Å². The van der Waals surface area contributed by atoms with Crippen LogP contribution in [-0.4, -0.2) is 25.3 Å². The molecule has 1 aliphatic rings. The summed E-state index contributed by atoms with van der Waals surface area (Å²) in [5.74, 6) is 0.566. The van der Waals surface area contributed by atoms with Gasteiger partial charge in [0.05, 0.1) is 15.6 Å². The number of benzene rings is 1. The van der Waals surface area contributed by atoms with Gasteiger partial charge in [0.1, 0.15) is 0 Å². The Kier molecular flexibility index (Phi) is 4.08. The van der Waals surface area contributed by atoms with E-state index >= 15 is 0 Å². The van der Waals surface area contributed by atoms with Gasteiger partial charge >= 0.3 is 0 Å². The van der Waals surface area contributed by atoms with Crippen LogP contribution in [-0.2, 0) is 10.0 Å². The van der Waals surface area contributed by atoms with Crippen LogP contribution in [0, 0.1) is 5.92 Å². The number of sulfonamides is 1. The van der Waals surface area contributed by atoms with Crippen LogP contribution in [0.3, 0.4) is 0 Å². The van der Waals surface area contributed by atoms with Crippen molar-refractivity contribution in [1.82, 2.24) is 4.31 Å². The Labute approximate surface area is 119 Å². The third-order valence-corrected chi connectivity index (χ3v) is 6.01.